The Morgan fingerprint density at radius 1 is 1.30 bits per heavy atom. The molecule has 1 unspecified atom stereocenters. The van der Waals surface area contributed by atoms with Crippen molar-refractivity contribution in [1.82, 2.24) is 0 Å². The van der Waals surface area contributed by atoms with Crippen LogP contribution in [0.4, 0.5) is 11.4 Å². The molecular weight excluding hydrogens is 332 g/mol. The molecule has 2 aromatic carbocycles. The fourth-order valence-electron chi connectivity index (χ4n) is 2.36. The molecule has 2 aromatic rings. The average Bonchev–Trinajstić information content (AvgIpc) is 2.48. The Morgan fingerprint density at radius 3 is 2.91 bits per heavy atom. The number of aryl methyl sites for hydroxylation is 1. The van der Waals surface area contributed by atoms with Gasteiger partial charge in [-0.2, -0.15) is 0 Å². The molecule has 0 fully saturated rings. The molecule has 2 N–H and O–H groups in total. The lowest BCUT2D eigenvalue weighted by Crippen LogP contribution is -2.32. The van der Waals surface area contributed by atoms with Gasteiger partial charge in [-0.25, -0.2) is 0 Å². The molecular formula is C17H15ClN2O2S. The largest absolute Gasteiger partial charge is 0.326 e. The molecule has 23 heavy (non-hydrogen) atoms. The van der Waals surface area contributed by atoms with Crippen LogP contribution in [0.3, 0.4) is 0 Å². The number of halogens is 1. The van der Waals surface area contributed by atoms with Crippen LogP contribution in [0.2, 0.25) is 5.02 Å². The Hall–Kier alpha value is -1.98. The molecule has 0 bridgehead atoms. The molecule has 1 heterocycles. The Kier molecular flexibility index (Phi) is 4.59. The predicted molar refractivity (Wildman–Crippen MR) is 94.2 cm³/mol. The maximum Gasteiger partial charge on any atom is 0.238 e. The molecule has 118 valence electrons. The second kappa shape index (κ2) is 6.64. The predicted octanol–water partition coefficient (Wildman–Crippen LogP) is 4.09. The van der Waals surface area contributed by atoms with Crippen LogP contribution < -0.4 is 10.6 Å². The number of hydrogen-bond donors (Lipinski definition) is 2. The Morgan fingerprint density at radius 2 is 2.13 bits per heavy atom. The highest BCUT2D eigenvalue weighted by atomic mass is 35.5. The fourth-order valence-corrected chi connectivity index (χ4v) is 3.62. The van der Waals surface area contributed by atoms with Gasteiger partial charge in [0, 0.05) is 22.0 Å². The molecule has 0 radical (unpaired) electrons. The first-order chi connectivity index (χ1) is 11.0. The lowest BCUT2D eigenvalue weighted by atomic mass is 10.2. The summed E-state index contributed by atoms with van der Waals surface area (Å²) < 4.78 is 0. The lowest BCUT2D eigenvalue weighted by Gasteiger charge is -2.23. The van der Waals surface area contributed by atoms with Gasteiger partial charge in [-0.3, -0.25) is 9.59 Å². The number of anilines is 2. The van der Waals surface area contributed by atoms with Crippen molar-refractivity contribution < 1.29 is 9.59 Å². The van der Waals surface area contributed by atoms with E-state index in [9.17, 15) is 9.59 Å². The molecule has 6 heteroatoms. The molecule has 2 amide bonds. The molecule has 0 aliphatic carbocycles. The van der Waals surface area contributed by atoms with E-state index >= 15 is 0 Å². The van der Waals surface area contributed by atoms with Gasteiger partial charge in [-0.15, -0.1) is 11.8 Å². The third-order valence-corrected chi connectivity index (χ3v) is 4.94. The van der Waals surface area contributed by atoms with Gasteiger partial charge >= 0.3 is 0 Å². The molecule has 0 saturated carbocycles. The summed E-state index contributed by atoms with van der Waals surface area (Å²) in [5.74, 6) is -0.357. The van der Waals surface area contributed by atoms with E-state index < -0.39 is 5.25 Å². The summed E-state index contributed by atoms with van der Waals surface area (Å²) >= 11 is 7.31. The smallest absolute Gasteiger partial charge is 0.238 e. The summed E-state index contributed by atoms with van der Waals surface area (Å²) in [7, 11) is 0. The van der Waals surface area contributed by atoms with Crippen molar-refractivity contribution in [1.29, 1.82) is 0 Å². The third kappa shape index (κ3) is 3.86. The first-order valence-electron chi connectivity index (χ1n) is 7.15. The second-order valence-electron chi connectivity index (χ2n) is 5.36. The van der Waals surface area contributed by atoms with Crippen molar-refractivity contribution in [3.63, 3.8) is 0 Å². The summed E-state index contributed by atoms with van der Waals surface area (Å²) in [6.07, 6.45) is 0.118. The van der Waals surface area contributed by atoms with Crippen LogP contribution in [0.5, 0.6) is 0 Å². The molecule has 1 atom stereocenters. The molecule has 0 saturated heterocycles. The number of rotatable bonds is 3. The standard InChI is InChI=1S/C17H15ClN2O2S/c1-10-3-2-4-12(7-10)19-16(21)9-15-17(22)20-13-8-11(18)5-6-14(13)23-15/h2-8,15H,9H2,1H3,(H,19,21)(H,20,22). The lowest BCUT2D eigenvalue weighted by molar-refractivity contribution is -0.120. The zero-order chi connectivity index (χ0) is 16.4. The van der Waals surface area contributed by atoms with Gasteiger partial charge in [-0.05, 0) is 42.8 Å². The molecule has 1 aliphatic rings. The zero-order valence-electron chi connectivity index (χ0n) is 12.4. The second-order valence-corrected chi connectivity index (χ2v) is 7.04. The van der Waals surface area contributed by atoms with E-state index in [0.717, 1.165) is 16.1 Å². The van der Waals surface area contributed by atoms with E-state index in [0.29, 0.717) is 10.7 Å². The van der Waals surface area contributed by atoms with Gasteiger partial charge in [0.2, 0.25) is 11.8 Å². The van der Waals surface area contributed by atoms with Crippen molar-refractivity contribution in [2.45, 2.75) is 23.5 Å². The van der Waals surface area contributed by atoms with Crippen LogP contribution in [-0.4, -0.2) is 17.1 Å². The van der Waals surface area contributed by atoms with Crippen molar-refractivity contribution >= 4 is 46.6 Å². The highest BCUT2D eigenvalue weighted by molar-refractivity contribution is 8.01. The van der Waals surface area contributed by atoms with Crippen LogP contribution in [0, 0.1) is 6.92 Å². The number of carbonyl (C=O) groups excluding carboxylic acids is 2. The molecule has 0 spiro atoms. The zero-order valence-corrected chi connectivity index (χ0v) is 14.0. The number of carbonyl (C=O) groups is 2. The molecule has 1 aliphatic heterocycles. The average molecular weight is 347 g/mol. The van der Waals surface area contributed by atoms with Crippen molar-refractivity contribution in [3.8, 4) is 0 Å². The van der Waals surface area contributed by atoms with Gasteiger partial charge in [0.25, 0.3) is 0 Å². The van der Waals surface area contributed by atoms with Crippen LogP contribution in [0.1, 0.15) is 12.0 Å². The summed E-state index contributed by atoms with van der Waals surface area (Å²) in [4.78, 5) is 25.3. The van der Waals surface area contributed by atoms with Gasteiger partial charge in [-0.1, -0.05) is 23.7 Å². The van der Waals surface area contributed by atoms with Gasteiger partial charge in [0.05, 0.1) is 10.9 Å². The van der Waals surface area contributed by atoms with Crippen molar-refractivity contribution in [2.24, 2.45) is 0 Å². The Bertz CT molecular complexity index is 779. The van der Waals surface area contributed by atoms with Crippen LogP contribution >= 0.6 is 23.4 Å². The van der Waals surface area contributed by atoms with E-state index in [1.54, 1.807) is 12.1 Å². The van der Waals surface area contributed by atoms with E-state index in [1.165, 1.54) is 11.8 Å². The number of nitrogens with one attached hydrogen (secondary N) is 2. The molecule has 4 nitrogen and oxygen atoms in total. The number of hydrogen-bond acceptors (Lipinski definition) is 3. The van der Waals surface area contributed by atoms with Crippen molar-refractivity contribution in [3.05, 3.63) is 53.1 Å². The summed E-state index contributed by atoms with van der Waals surface area (Å²) in [6.45, 7) is 1.96. The number of benzene rings is 2. The number of thioether (sulfide) groups is 1. The number of fused-ring (bicyclic) bond motifs is 1. The first-order valence-corrected chi connectivity index (χ1v) is 8.40. The molecule has 0 aromatic heterocycles. The Balaban J connectivity index is 1.67. The summed E-state index contributed by atoms with van der Waals surface area (Å²) in [5, 5.41) is 5.75. The van der Waals surface area contributed by atoms with Gasteiger partial charge in [0.1, 0.15) is 0 Å². The van der Waals surface area contributed by atoms with E-state index in [1.807, 2.05) is 37.3 Å². The van der Waals surface area contributed by atoms with E-state index in [-0.39, 0.29) is 18.2 Å². The minimum Gasteiger partial charge on any atom is -0.326 e. The topological polar surface area (TPSA) is 58.2 Å². The minimum absolute atomic E-state index is 0.118. The van der Waals surface area contributed by atoms with Gasteiger partial charge in [0.15, 0.2) is 0 Å². The molecule has 3 rings (SSSR count). The van der Waals surface area contributed by atoms with Crippen molar-refractivity contribution in [2.75, 3.05) is 10.6 Å². The first kappa shape index (κ1) is 15.9. The van der Waals surface area contributed by atoms with Crippen LogP contribution in [0.25, 0.3) is 0 Å². The maximum atomic E-state index is 12.2. The summed E-state index contributed by atoms with van der Waals surface area (Å²) in [5.41, 5.74) is 2.50. The van der Waals surface area contributed by atoms with E-state index in [4.69, 9.17) is 11.6 Å². The van der Waals surface area contributed by atoms with E-state index in [2.05, 4.69) is 10.6 Å². The third-order valence-electron chi connectivity index (χ3n) is 3.43. The quantitative estimate of drug-likeness (QED) is 0.880. The fraction of sp³-hybridized carbons (Fsp3) is 0.176. The number of amides is 2. The highest BCUT2D eigenvalue weighted by Gasteiger charge is 2.29. The minimum atomic E-state index is -0.450. The SMILES string of the molecule is Cc1cccc(NC(=O)CC2Sc3ccc(Cl)cc3NC2=O)c1. The summed E-state index contributed by atoms with van der Waals surface area (Å²) in [6, 6.07) is 12.9. The highest BCUT2D eigenvalue weighted by Crippen LogP contribution is 2.38. The van der Waals surface area contributed by atoms with Crippen LogP contribution in [0.15, 0.2) is 47.4 Å². The Labute approximate surface area is 143 Å². The maximum absolute atomic E-state index is 12.2. The van der Waals surface area contributed by atoms with Crippen LogP contribution in [-0.2, 0) is 9.59 Å². The monoisotopic (exact) mass is 346 g/mol. The normalized spacial score (nSPS) is 16.4. The van der Waals surface area contributed by atoms with Gasteiger partial charge < -0.3 is 10.6 Å².